The molecule has 1 saturated heterocycles. The molecule has 3 heteroatoms. The maximum Gasteiger partial charge on any atom is 0.0220 e. The Labute approximate surface area is 114 Å². The lowest BCUT2D eigenvalue weighted by atomic mass is 9.81. The standard InChI is InChI=1S/C15H33N3/c1-5-14-11-17(4)9-8-10-18(14)13-15(6-2,7-3)12-16/h14H,5-13,16H2,1-4H3. The molecular formula is C15H33N3. The third-order valence-corrected chi connectivity index (χ3v) is 4.97. The first kappa shape index (κ1) is 15.9. The maximum absolute atomic E-state index is 6.06. The molecule has 0 aliphatic carbocycles. The quantitative estimate of drug-likeness (QED) is 0.789. The Bertz CT molecular complexity index is 218. The fourth-order valence-electron chi connectivity index (χ4n) is 3.15. The molecule has 0 aromatic rings. The summed E-state index contributed by atoms with van der Waals surface area (Å²) in [5, 5.41) is 0. The lowest BCUT2D eigenvalue weighted by Crippen LogP contribution is -2.48. The second-order valence-electron chi connectivity index (χ2n) is 6.06. The summed E-state index contributed by atoms with van der Waals surface area (Å²) in [6.45, 7) is 12.6. The van der Waals surface area contributed by atoms with Gasteiger partial charge in [0.15, 0.2) is 0 Å². The van der Waals surface area contributed by atoms with Crippen LogP contribution in [0.5, 0.6) is 0 Å². The molecule has 2 N–H and O–H groups in total. The highest BCUT2D eigenvalue weighted by molar-refractivity contribution is 4.86. The first-order valence-corrected chi connectivity index (χ1v) is 7.73. The summed E-state index contributed by atoms with van der Waals surface area (Å²) in [5.74, 6) is 0. The van der Waals surface area contributed by atoms with E-state index in [0.717, 1.165) is 6.54 Å². The van der Waals surface area contributed by atoms with E-state index in [1.807, 2.05) is 0 Å². The topological polar surface area (TPSA) is 32.5 Å². The van der Waals surface area contributed by atoms with Gasteiger partial charge in [0, 0.05) is 19.1 Å². The van der Waals surface area contributed by atoms with Gasteiger partial charge in [0.2, 0.25) is 0 Å². The molecule has 1 aliphatic rings. The Morgan fingerprint density at radius 1 is 1.17 bits per heavy atom. The first-order valence-electron chi connectivity index (χ1n) is 7.73. The number of nitrogens with two attached hydrogens (primary N) is 1. The summed E-state index contributed by atoms with van der Waals surface area (Å²) < 4.78 is 0. The molecule has 0 saturated carbocycles. The molecule has 1 fully saturated rings. The summed E-state index contributed by atoms with van der Waals surface area (Å²) in [5.41, 5.74) is 6.39. The van der Waals surface area contributed by atoms with Gasteiger partial charge in [-0.25, -0.2) is 0 Å². The molecular weight excluding hydrogens is 222 g/mol. The molecule has 108 valence electrons. The van der Waals surface area contributed by atoms with Crippen molar-refractivity contribution in [3.63, 3.8) is 0 Å². The molecule has 3 nitrogen and oxygen atoms in total. The van der Waals surface area contributed by atoms with Crippen LogP contribution >= 0.6 is 0 Å². The summed E-state index contributed by atoms with van der Waals surface area (Å²) in [4.78, 5) is 5.19. The third kappa shape index (κ3) is 3.94. The van der Waals surface area contributed by atoms with Crippen LogP contribution in [0.15, 0.2) is 0 Å². The van der Waals surface area contributed by atoms with Crippen molar-refractivity contribution in [2.24, 2.45) is 11.1 Å². The molecule has 1 heterocycles. The van der Waals surface area contributed by atoms with E-state index in [4.69, 9.17) is 5.73 Å². The van der Waals surface area contributed by atoms with E-state index in [2.05, 4.69) is 37.6 Å². The van der Waals surface area contributed by atoms with Crippen LogP contribution in [0.3, 0.4) is 0 Å². The fourth-order valence-corrected chi connectivity index (χ4v) is 3.15. The normalized spacial score (nSPS) is 24.2. The number of hydrogen-bond donors (Lipinski definition) is 1. The smallest absolute Gasteiger partial charge is 0.0220 e. The zero-order valence-corrected chi connectivity index (χ0v) is 12.9. The van der Waals surface area contributed by atoms with Crippen LogP contribution in [0.2, 0.25) is 0 Å². The second-order valence-corrected chi connectivity index (χ2v) is 6.06. The Kier molecular flexibility index (Phi) is 6.61. The predicted molar refractivity (Wildman–Crippen MR) is 79.8 cm³/mol. The zero-order valence-electron chi connectivity index (χ0n) is 12.9. The van der Waals surface area contributed by atoms with Gasteiger partial charge in [-0.05, 0) is 57.8 Å². The number of nitrogens with zero attached hydrogens (tertiary/aromatic N) is 2. The molecule has 1 atom stereocenters. The highest BCUT2D eigenvalue weighted by Gasteiger charge is 2.31. The predicted octanol–water partition coefficient (Wildman–Crippen LogP) is 2.17. The van der Waals surface area contributed by atoms with Crippen molar-refractivity contribution in [1.82, 2.24) is 9.80 Å². The van der Waals surface area contributed by atoms with E-state index in [1.54, 1.807) is 0 Å². The monoisotopic (exact) mass is 255 g/mol. The van der Waals surface area contributed by atoms with Crippen LogP contribution in [-0.2, 0) is 0 Å². The molecule has 0 aromatic heterocycles. The van der Waals surface area contributed by atoms with Crippen molar-refractivity contribution < 1.29 is 0 Å². The highest BCUT2D eigenvalue weighted by atomic mass is 15.2. The molecule has 0 amide bonds. The van der Waals surface area contributed by atoms with E-state index >= 15 is 0 Å². The van der Waals surface area contributed by atoms with Crippen molar-refractivity contribution in [3.8, 4) is 0 Å². The average Bonchev–Trinajstić information content (AvgIpc) is 2.57. The Balaban J connectivity index is 2.72. The molecule has 1 aliphatic heterocycles. The van der Waals surface area contributed by atoms with Crippen molar-refractivity contribution >= 4 is 0 Å². The number of rotatable bonds is 6. The zero-order chi connectivity index (χ0) is 13.6. The molecule has 0 radical (unpaired) electrons. The van der Waals surface area contributed by atoms with Gasteiger partial charge in [-0.15, -0.1) is 0 Å². The molecule has 0 aromatic carbocycles. The Hall–Kier alpha value is -0.120. The van der Waals surface area contributed by atoms with Gasteiger partial charge in [-0.1, -0.05) is 20.8 Å². The van der Waals surface area contributed by atoms with Gasteiger partial charge in [-0.3, -0.25) is 4.90 Å². The van der Waals surface area contributed by atoms with Crippen molar-refractivity contribution in [2.45, 2.75) is 52.5 Å². The summed E-state index contributed by atoms with van der Waals surface area (Å²) in [6, 6.07) is 0.710. The fraction of sp³-hybridized carbons (Fsp3) is 1.00. The minimum absolute atomic E-state index is 0.330. The van der Waals surface area contributed by atoms with Crippen molar-refractivity contribution in [3.05, 3.63) is 0 Å². The van der Waals surface area contributed by atoms with Gasteiger partial charge in [0.1, 0.15) is 0 Å². The minimum Gasteiger partial charge on any atom is -0.330 e. The van der Waals surface area contributed by atoms with E-state index in [-0.39, 0.29) is 0 Å². The Morgan fingerprint density at radius 3 is 2.33 bits per heavy atom. The Morgan fingerprint density at radius 2 is 1.83 bits per heavy atom. The largest absolute Gasteiger partial charge is 0.330 e. The van der Waals surface area contributed by atoms with E-state index in [9.17, 15) is 0 Å². The van der Waals surface area contributed by atoms with Crippen LogP contribution < -0.4 is 5.73 Å². The van der Waals surface area contributed by atoms with Crippen LogP contribution in [0.4, 0.5) is 0 Å². The third-order valence-electron chi connectivity index (χ3n) is 4.97. The highest BCUT2D eigenvalue weighted by Crippen LogP contribution is 2.28. The molecule has 1 rings (SSSR count). The van der Waals surface area contributed by atoms with Gasteiger partial charge < -0.3 is 10.6 Å². The minimum atomic E-state index is 0.330. The lowest BCUT2D eigenvalue weighted by molar-refractivity contribution is 0.102. The SMILES string of the molecule is CCC1CN(C)CCCN1CC(CC)(CC)CN. The van der Waals surface area contributed by atoms with Gasteiger partial charge in [-0.2, -0.15) is 0 Å². The van der Waals surface area contributed by atoms with E-state index in [0.29, 0.717) is 11.5 Å². The van der Waals surface area contributed by atoms with E-state index in [1.165, 1.54) is 51.9 Å². The number of likely N-dealkylation sites (N-methyl/N-ethyl adjacent to an activating group) is 1. The van der Waals surface area contributed by atoms with Crippen LogP contribution in [0.1, 0.15) is 46.5 Å². The van der Waals surface area contributed by atoms with Gasteiger partial charge in [0.05, 0.1) is 0 Å². The van der Waals surface area contributed by atoms with Crippen molar-refractivity contribution in [2.75, 3.05) is 39.8 Å². The summed E-state index contributed by atoms with van der Waals surface area (Å²) in [7, 11) is 2.25. The van der Waals surface area contributed by atoms with Crippen LogP contribution in [0, 0.1) is 5.41 Å². The number of hydrogen-bond acceptors (Lipinski definition) is 3. The molecule has 18 heavy (non-hydrogen) atoms. The average molecular weight is 255 g/mol. The van der Waals surface area contributed by atoms with Crippen LogP contribution in [-0.4, -0.2) is 55.6 Å². The van der Waals surface area contributed by atoms with Gasteiger partial charge in [0.25, 0.3) is 0 Å². The second kappa shape index (κ2) is 7.46. The molecule has 1 unspecified atom stereocenters. The lowest BCUT2D eigenvalue weighted by Gasteiger charge is -2.39. The molecule has 0 spiro atoms. The maximum atomic E-state index is 6.06. The first-order chi connectivity index (χ1) is 8.60. The molecule has 0 bridgehead atoms. The van der Waals surface area contributed by atoms with Crippen molar-refractivity contribution in [1.29, 1.82) is 0 Å². The van der Waals surface area contributed by atoms with Crippen LogP contribution in [0.25, 0.3) is 0 Å². The van der Waals surface area contributed by atoms with E-state index < -0.39 is 0 Å². The van der Waals surface area contributed by atoms with Gasteiger partial charge >= 0.3 is 0 Å². The summed E-state index contributed by atoms with van der Waals surface area (Å²) >= 11 is 0. The summed E-state index contributed by atoms with van der Waals surface area (Å²) in [6.07, 6.45) is 4.94.